The van der Waals surface area contributed by atoms with Crippen molar-refractivity contribution in [3.05, 3.63) is 42.6 Å². The molecular weight excluding hydrogens is 524 g/mol. The van der Waals surface area contributed by atoms with Crippen molar-refractivity contribution in [3.63, 3.8) is 0 Å². The lowest BCUT2D eigenvalue weighted by Crippen LogP contribution is -2.44. The molecule has 0 unspecified atom stereocenters. The number of aliphatic hydroxyl groups is 1. The molecule has 12 nitrogen and oxygen atoms in total. The number of aromatic nitrogens is 5. The number of methoxy groups -OCH3 is 2. The number of nitrogens with zero attached hydrogens (tertiary/aromatic N) is 5. The summed E-state index contributed by atoms with van der Waals surface area (Å²) in [6, 6.07) is 10.8. The third kappa shape index (κ3) is 5.06. The van der Waals surface area contributed by atoms with E-state index in [1.165, 1.54) is 6.20 Å². The van der Waals surface area contributed by atoms with Crippen LogP contribution in [0.3, 0.4) is 0 Å². The van der Waals surface area contributed by atoms with Gasteiger partial charge in [-0.05, 0) is 50.8 Å². The van der Waals surface area contributed by atoms with Crippen LogP contribution in [0.4, 0.5) is 5.82 Å². The second kappa shape index (κ2) is 11.0. The molecule has 13 heteroatoms. The monoisotopic (exact) mass is 554 g/mol. The summed E-state index contributed by atoms with van der Waals surface area (Å²) >= 11 is 0. The highest BCUT2D eigenvalue weighted by Gasteiger charge is 2.38. The largest absolute Gasteiger partial charge is 0.494 e. The molecule has 0 atom stereocenters. The van der Waals surface area contributed by atoms with E-state index in [-0.39, 0.29) is 18.7 Å². The highest BCUT2D eigenvalue weighted by atomic mass is 32.2. The van der Waals surface area contributed by atoms with Crippen LogP contribution in [-0.2, 0) is 10.7 Å². The highest BCUT2D eigenvalue weighted by molar-refractivity contribution is 7.74. The minimum atomic E-state index is -2.87. The van der Waals surface area contributed by atoms with Crippen molar-refractivity contribution < 1.29 is 27.7 Å². The molecule has 1 saturated carbocycles. The quantitative estimate of drug-likeness (QED) is 0.262. The molecule has 1 fully saturated rings. The summed E-state index contributed by atoms with van der Waals surface area (Å²) in [6.07, 6.45) is 2.18. The maximum atomic E-state index is 12.4. The number of hydrogen-bond acceptors (Lipinski definition) is 11. The average Bonchev–Trinajstić information content (AvgIpc) is 3.32. The Morgan fingerprint density at radius 1 is 1.05 bits per heavy atom. The van der Waals surface area contributed by atoms with Gasteiger partial charge in [0.25, 0.3) is 0 Å². The normalized spacial score (nSPS) is 19.3. The Bertz CT molecular complexity index is 1530. The smallest absolute Gasteiger partial charge is 0.213 e. The van der Waals surface area contributed by atoms with Crippen LogP contribution >= 0.6 is 0 Å². The number of pyridine rings is 1. The summed E-state index contributed by atoms with van der Waals surface area (Å²) in [5.74, 6) is 2.10. The van der Waals surface area contributed by atoms with Crippen molar-refractivity contribution in [1.82, 2.24) is 24.5 Å². The van der Waals surface area contributed by atoms with Gasteiger partial charge < -0.3 is 24.6 Å². The molecule has 1 aliphatic rings. The van der Waals surface area contributed by atoms with E-state index in [1.54, 1.807) is 49.1 Å². The molecule has 206 valence electrons. The van der Waals surface area contributed by atoms with Gasteiger partial charge in [-0.2, -0.15) is 0 Å². The van der Waals surface area contributed by atoms with Gasteiger partial charge in [0.05, 0.1) is 33.1 Å². The fourth-order valence-corrected chi connectivity index (χ4v) is 5.62. The van der Waals surface area contributed by atoms with E-state index < -0.39 is 21.7 Å². The molecule has 0 aliphatic heterocycles. The Kier molecular flexibility index (Phi) is 7.53. The van der Waals surface area contributed by atoms with Gasteiger partial charge in [-0.15, -0.1) is 0 Å². The predicted molar refractivity (Wildman–Crippen MR) is 145 cm³/mol. The standard InChI is InChI=1S/C26H30N6O6S/c1-4-38-21-10-5-7-17(28-21)24-30-23-25(32(24)22-18(36-2)8-6-9-19(22)37-3)29-20(15-27-23)31-26(39(34)35)13-11-16(33)12-14-26/h5-10,15-16,33,39H,4,11-14H2,1-3H3,(H,29,31)/t16-,26+. The van der Waals surface area contributed by atoms with E-state index in [9.17, 15) is 13.5 Å². The third-order valence-electron chi connectivity index (χ3n) is 6.73. The number of ether oxygens (including phenoxy) is 3. The Hall–Kier alpha value is -3.97. The van der Waals surface area contributed by atoms with Crippen LogP contribution in [0.5, 0.6) is 17.4 Å². The molecule has 3 aromatic heterocycles. The first kappa shape index (κ1) is 26.6. The number of para-hydroxylation sites is 1. The maximum absolute atomic E-state index is 12.4. The van der Waals surface area contributed by atoms with E-state index in [1.807, 2.05) is 13.0 Å². The van der Waals surface area contributed by atoms with Gasteiger partial charge >= 0.3 is 0 Å². The van der Waals surface area contributed by atoms with Crippen molar-refractivity contribution in [3.8, 4) is 34.6 Å². The summed E-state index contributed by atoms with van der Waals surface area (Å²) in [4.78, 5) is 17.4. The molecule has 0 spiro atoms. The molecule has 1 aromatic carbocycles. The second-order valence-corrected chi connectivity index (χ2v) is 10.5. The molecule has 5 rings (SSSR count). The summed E-state index contributed by atoms with van der Waals surface area (Å²) in [6.45, 7) is 2.33. The van der Waals surface area contributed by atoms with Crippen molar-refractivity contribution in [2.75, 3.05) is 26.1 Å². The van der Waals surface area contributed by atoms with Crippen molar-refractivity contribution in [2.24, 2.45) is 0 Å². The number of hydrogen-bond donors (Lipinski definition) is 3. The van der Waals surface area contributed by atoms with Gasteiger partial charge in [0.15, 0.2) is 27.8 Å². The molecule has 1 aliphatic carbocycles. The van der Waals surface area contributed by atoms with E-state index in [0.717, 1.165) is 0 Å². The number of rotatable bonds is 9. The summed E-state index contributed by atoms with van der Waals surface area (Å²) < 4.78 is 43.4. The first-order valence-electron chi connectivity index (χ1n) is 12.6. The Labute approximate surface area is 227 Å². The van der Waals surface area contributed by atoms with Gasteiger partial charge in [-0.1, -0.05) is 12.1 Å². The molecule has 3 heterocycles. The number of anilines is 1. The summed E-state index contributed by atoms with van der Waals surface area (Å²) in [7, 11) is 0.232. The zero-order valence-electron chi connectivity index (χ0n) is 21.8. The number of thiol groups is 1. The minimum Gasteiger partial charge on any atom is -0.494 e. The van der Waals surface area contributed by atoms with Crippen LogP contribution in [0.25, 0.3) is 28.5 Å². The van der Waals surface area contributed by atoms with Gasteiger partial charge in [0.1, 0.15) is 33.6 Å². The highest BCUT2D eigenvalue weighted by Crippen LogP contribution is 2.38. The minimum absolute atomic E-state index is 0.256. The lowest BCUT2D eigenvalue weighted by molar-refractivity contribution is 0.120. The van der Waals surface area contributed by atoms with Gasteiger partial charge in [-0.3, -0.25) is 4.57 Å². The van der Waals surface area contributed by atoms with E-state index in [4.69, 9.17) is 24.2 Å². The van der Waals surface area contributed by atoms with Crippen LogP contribution < -0.4 is 19.5 Å². The molecular formula is C26H30N6O6S. The molecule has 0 bridgehead atoms. The van der Waals surface area contributed by atoms with E-state index >= 15 is 0 Å². The third-order valence-corrected chi connectivity index (χ3v) is 7.99. The fraction of sp³-hybridized carbons (Fsp3) is 0.385. The summed E-state index contributed by atoms with van der Waals surface area (Å²) in [5.41, 5.74) is 1.68. The Morgan fingerprint density at radius 3 is 2.38 bits per heavy atom. The van der Waals surface area contributed by atoms with Crippen molar-refractivity contribution >= 4 is 27.8 Å². The fourth-order valence-electron chi connectivity index (χ4n) is 4.79. The number of imidazole rings is 1. The van der Waals surface area contributed by atoms with Crippen LogP contribution in [0.2, 0.25) is 0 Å². The zero-order valence-corrected chi connectivity index (χ0v) is 22.7. The first-order chi connectivity index (χ1) is 18.9. The van der Waals surface area contributed by atoms with Crippen LogP contribution in [0.15, 0.2) is 42.6 Å². The SMILES string of the molecule is CCOc1cccc(-c2nc3ncc(N[C@]4([SH](=O)=O)CC[C@@H](O)CC4)nc3n2-c2c(OC)cccc2OC)n1. The van der Waals surface area contributed by atoms with Crippen molar-refractivity contribution in [1.29, 1.82) is 0 Å². The molecule has 4 aromatic rings. The van der Waals surface area contributed by atoms with Crippen LogP contribution in [0, 0.1) is 0 Å². The number of nitrogens with one attached hydrogen (secondary N) is 1. The van der Waals surface area contributed by atoms with E-state index in [0.29, 0.717) is 65.3 Å². The van der Waals surface area contributed by atoms with Crippen molar-refractivity contribution in [2.45, 2.75) is 43.6 Å². The number of benzene rings is 1. The van der Waals surface area contributed by atoms with Crippen LogP contribution in [-0.4, -0.2) is 69.8 Å². The predicted octanol–water partition coefficient (Wildman–Crippen LogP) is 2.95. The van der Waals surface area contributed by atoms with Gasteiger partial charge in [0, 0.05) is 6.07 Å². The number of aliphatic hydroxyl groups excluding tert-OH is 1. The topological polar surface area (TPSA) is 151 Å². The molecule has 0 saturated heterocycles. The van der Waals surface area contributed by atoms with Gasteiger partial charge in [0.2, 0.25) is 5.88 Å². The second-order valence-electron chi connectivity index (χ2n) is 9.12. The van der Waals surface area contributed by atoms with Gasteiger partial charge in [-0.25, -0.2) is 28.4 Å². The Morgan fingerprint density at radius 2 is 1.74 bits per heavy atom. The van der Waals surface area contributed by atoms with E-state index in [2.05, 4.69) is 15.3 Å². The maximum Gasteiger partial charge on any atom is 0.213 e. The Balaban J connectivity index is 1.72. The average molecular weight is 555 g/mol. The molecule has 39 heavy (non-hydrogen) atoms. The van der Waals surface area contributed by atoms with Crippen LogP contribution in [0.1, 0.15) is 32.6 Å². The molecule has 2 N–H and O–H groups in total. The summed E-state index contributed by atoms with van der Waals surface area (Å²) in [5, 5.41) is 13.1. The molecule has 0 amide bonds. The lowest BCUT2D eigenvalue weighted by atomic mass is 9.92. The number of fused-ring (bicyclic) bond motifs is 1. The molecule has 0 radical (unpaired) electrons. The lowest BCUT2D eigenvalue weighted by Gasteiger charge is -2.35. The zero-order chi connectivity index (χ0) is 27.6. The first-order valence-corrected chi connectivity index (χ1v) is 13.7.